The number of phosphoric acid groups is 2. The van der Waals surface area contributed by atoms with E-state index in [-0.39, 0.29) is 59.3 Å². The van der Waals surface area contributed by atoms with Crippen LogP contribution in [0, 0.1) is 37.0 Å². The molecule has 0 aromatic heterocycles. The first kappa shape index (κ1) is 36.0. The SMILES string of the molecule is C#CCOP(=O)(OCC#C)OCC#C.[N-]=[N+]=NCCCOP(=O)(OCCCN=[N+]=[N-])OCCCN=[N+]=[N-]. The predicted octanol–water partition coefficient (Wildman–Crippen LogP) is 5.29. The van der Waals surface area contributed by atoms with E-state index >= 15 is 0 Å². The summed E-state index contributed by atoms with van der Waals surface area (Å²) in [6, 6.07) is 0. The maximum Gasteiger partial charge on any atom is 0.477 e. The normalized spacial score (nSPS) is 11.4. The van der Waals surface area contributed by atoms with Gasteiger partial charge in [-0.2, -0.15) is 0 Å². The van der Waals surface area contributed by atoms with Crippen LogP contribution in [0.5, 0.6) is 0 Å². The van der Waals surface area contributed by atoms with E-state index in [1.165, 1.54) is 0 Å². The van der Waals surface area contributed by atoms with Crippen molar-refractivity contribution in [2.75, 3.05) is 59.3 Å². The Morgan fingerprint density at radius 3 is 1.08 bits per heavy atom. The van der Waals surface area contributed by atoms with Crippen LogP contribution < -0.4 is 0 Å². The molecule has 0 saturated carbocycles. The van der Waals surface area contributed by atoms with E-state index in [0.29, 0.717) is 19.3 Å². The van der Waals surface area contributed by atoms with Gasteiger partial charge in [-0.25, -0.2) is 9.13 Å². The molecule has 0 aromatic rings. The molecule has 0 fully saturated rings. The average molecular weight is 559 g/mol. The zero-order valence-electron chi connectivity index (χ0n) is 19.9. The summed E-state index contributed by atoms with van der Waals surface area (Å²) in [5.41, 5.74) is 24.4. The van der Waals surface area contributed by atoms with Crippen molar-refractivity contribution in [2.24, 2.45) is 15.3 Å². The third-order valence-corrected chi connectivity index (χ3v) is 5.90. The standard InChI is InChI=1S/C9H18N9O4P.C9H9O4P/c10-16-13-4-1-7-20-23(19,21-8-2-5-14-17-11)22-9-3-6-15-18-12;1-4-7-11-14(10,12-8-5-2)13-9-6-3/h1-9H2;1-3H,7-9H2. The molecule has 0 saturated heterocycles. The molecule has 0 bridgehead atoms. The van der Waals surface area contributed by atoms with Gasteiger partial charge in [0.2, 0.25) is 0 Å². The molecule has 0 aliphatic rings. The maximum absolute atomic E-state index is 12.3. The Hall–Kier alpha value is -3.17. The fraction of sp³-hybridized carbons (Fsp3) is 0.667. The van der Waals surface area contributed by atoms with Gasteiger partial charge in [-0.05, 0) is 35.9 Å². The molecule has 19 heteroatoms. The monoisotopic (exact) mass is 559 g/mol. The molecule has 17 nitrogen and oxygen atoms in total. The lowest BCUT2D eigenvalue weighted by Crippen LogP contribution is -2.05. The first-order valence-corrected chi connectivity index (χ1v) is 13.2. The lowest BCUT2D eigenvalue weighted by Gasteiger charge is -2.17. The summed E-state index contributed by atoms with van der Waals surface area (Å²) in [6.45, 7) is 0.0824. The van der Waals surface area contributed by atoms with Gasteiger partial charge in [0.15, 0.2) is 0 Å². The molecule has 202 valence electrons. The number of nitrogens with zero attached hydrogens (tertiary/aromatic N) is 9. The van der Waals surface area contributed by atoms with Crippen LogP contribution in [0.4, 0.5) is 0 Å². The fourth-order valence-corrected chi connectivity index (χ4v) is 3.84. The third kappa shape index (κ3) is 24.3. The van der Waals surface area contributed by atoms with E-state index in [9.17, 15) is 9.13 Å². The van der Waals surface area contributed by atoms with E-state index < -0.39 is 15.6 Å². The minimum absolute atomic E-state index is 0.0307. The quantitative estimate of drug-likeness (QED) is 0.0446. The molecule has 0 rings (SSSR count). The second kappa shape index (κ2) is 25.9. The van der Waals surface area contributed by atoms with Gasteiger partial charge < -0.3 is 0 Å². The molecule has 0 atom stereocenters. The fourth-order valence-electron chi connectivity index (χ4n) is 1.64. The number of terminal acetylenes is 3. The Labute approximate surface area is 214 Å². The second-order valence-electron chi connectivity index (χ2n) is 5.75. The van der Waals surface area contributed by atoms with Crippen molar-refractivity contribution in [3.8, 4) is 37.0 Å². The lowest BCUT2D eigenvalue weighted by atomic mass is 10.5. The molecule has 0 unspecified atom stereocenters. The van der Waals surface area contributed by atoms with Gasteiger partial charge >= 0.3 is 15.6 Å². The van der Waals surface area contributed by atoms with Crippen molar-refractivity contribution in [3.05, 3.63) is 31.3 Å². The topological polar surface area (TPSA) is 236 Å². The van der Waals surface area contributed by atoms with Crippen molar-refractivity contribution in [3.63, 3.8) is 0 Å². The Bertz CT molecular complexity index is 881. The Morgan fingerprint density at radius 2 is 0.838 bits per heavy atom. The number of rotatable bonds is 21. The van der Waals surface area contributed by atoms with Gasteiger partial charge in [-0.15, -0.1) is 19.3 Å². The lowest BCUT2D eigenvalue weighted by molar-refractivity contribution is 0.112. The van der Waals surface area contributed by atoms with Gasteiger partial charge in [0.05, 0.1) is 19.8 Å². The molecule has 0 aromatic carbocycles. The van der Waals surface area contributed by atoms with E-state index in [4.69, 9.17) is 49.4 Å². The van der Waals surface area contributed by atoms with Gasteiger partial charge in [-0.3, -0.25) is 27.1 Å². The molecule has 0 spiro atoms. The van der Waals surface area contributed by atoms with Gasteiger partial charge in [-0.1, -0.05) is 33.1 Å². The predicted molar refractivity (Wildman–Crippen MR) is 133 cm³/mol. The summed E-state index contributed by atoms with van der Waals surface area (Å²) in [5, 5.41) is 9.96. The summed E-state index contributed by atoms with van der Waals surface area (Å²) in [4.78, 5) is 7.75. The van der Waals surface area contributed by atoms with Crippen LogP contribution in [0.25, 0.3) is 31.3 Å². The van der Waals surface area contributed by atoms with Crippen LogP contribution in [0.15, 0.2) is 15.3 Å². The van der Waals surface area contributed by atoms with Crippen molar-refractivity contribution < 1.29 is 36.3 Å². The summed E-state index contributed by atoms with van der Waals surface area (Å²) in [6.07, 6.45) is 15.8. The zero-order chi connectivity index (χ0) is 28.1. The minimum atomic E-state index is -3.77. The van der Waals surface area contributed by atoms with Gasteiger partial charge in [0.1, 0.15) is 19.8 Å². The Kier molecular flexibility index (Phi) is 25.2. The Balaban J connectivity index is 0. The van der Waals surface area contributed by atoms with E-state index in [2.05, 4.69) is 61.4 Å². The van der Waals surface area contributed by atoms with Crippen molar-refractivity contribution >= 4 is 15.6 Å². The van der Waals surface area contributed by atoms with Crippen molar-refractivity contribution in [1.82, 2.24) is 0 Å². The maximum atomic E-state index is 12.3. The molecule has 37 heavy (non-hydrogen) atoms. The van der Waals surface area contributed by atoms with Gasteiger partial charge in [0, 0.05) is 34.4 Å². The van der Waals surface area contributed by atoms with Crippen LogP contribution >= 0.6 is 15.6 Å². The third-order valence-electron chi connectivity index (χ3n) is 3.06. The molecular formula is C18H27N9O8P2. The summed E-state index contributed by atoms with van der Waals surface area (Å²) in [7, 11) is -7.47. The number of phosphoric ester groups is 2. The Morgan fingerprint density at radius 1 is 0.568 bits per heavy atom. The summed E-state index contributed by atoms with van der Waals surface area (Å²) >= 11 is 0. The summed E-state index contributed by atoms with van der Waals surface area (Å²) in [5.74, 6) is 6.36. The van der Waals surface area contributed by atoms with Crippen LogP contribution in [0.2, 0.25) is 0 Å². The van der Waals surface area contributed by atoms with Crippen LogP contribution in [-0.2, 0) is 36.3 Å². The van der Waals surface area contributed by atoms with Crippen molar-refractivity contribution in [1.29, 1.82) is 0 Å². The largest absolute Gasteiger partial charge is 0.477 e. The van der Waals surface area contributed by atoms with E-state index in [1.54, 1.807) is 0 Å². The molecule has 0 aliphatic carbocycles. The first-order chi connectivity index (χ1) is 17.9. The summed E-state index contributed by atoms with van der Waals surface area (Å²) < 4.78 is 53.2. The molecule has 0 radical (unpaired) electrons. The molecule has 0 aliphatic heterocycles. The molecule has 0 amide bonds. The molecule has 0 heterocycles. The van der Waals surface area contributed by atoms with Gasteiger partial charge in [0.25, 0.3) is 0 Å². The average Bonchev–Trinajstić information content (AvgIpc) is 2.90. The highest BCUT2D eigenvalue weighted by Crippen LogP contribution is 2.50. The minimum Gasteiger partial charge on any atom is -0.287 e. The van der Waals surface area contributed by atoms with Crippen LogP contribution in [0.1, 0.15) is 19.3 Å². The highest BCUT2D eigenvalue weighted by molar-refractivity contribution is 7.48. The molecule has 0 N–H and O–H groups in total. The van der Waals surface area contributed by atoms with Crippen LogP contribution in [0.3, 0.4) is 0 Å². The first-order valence-electron chi connectivity index (χ1n) is 10.3. The van der Waals surface area contributed by atoms with Crippen LogP contribution in [-0.4, -0.2) is 59.3 Å². The molecular weight excluding hydrogens is 532 g/mol. The highest BCUT2D eigenvalue weighted by Gasteiger charge is 2.26. The second-order valence-corrected chi connectivity index (χ2v) is 9.09. The van der Waals surface area contributed by atoms with E-state index in [1.807, 2.05) is 0 Å². The number of hydrogen-bond acceptors (Lipinski definition) is 11. The van der Waals surface area contributed by atoms with E-state index in [0.717, 1.165) is 0 Å². The number of azide groups is 3. The highest BCUT2D eigenvalue weighted by atomic mass is 31.2. The zero-order valence-corrected chi connectivity index (χ0v) is 21.7. The smallest absolute Gasteiger partial charge is 0.287 e. The van der Waals surface area contributed by atoms with Crippen molar-refractivity contribution in [2.45, 2.75) is 19.3 Å². The number of hydrogen-bond donors (Lipinski definition) is 0.